The molecule has 0 heterocycles. The second-order valence-electron chi connectivity index (χ2n) is 4.61. The SMILES string of the molecule is CCOC(C)(C)C(N)C1CCCC1. The molecule has 0 radical (unpaired) electrons. The summed E-state index contributed by atoms with van der Waals surface area (Å²) in [5.41, 5.74) is 6.07. The molecule has 13 heavy (non-hydrogen) atoms. The highest BCUT2D eigenvalue weighted by Crippen LogP contribution is 2.32. The van der Waals surface area contributed by atoms with Crippen molar-refractivity contribution in [3.8, 4) is 0 Å². The van der Waals surface area contributed by atoms with Crippen molar-refractivity contribution in [3.63, 3.8) is 0 Å². The molecule has 0 bridgehead atoms. The van der Waals surface area contributed by atoms with Gasteiger partial charge in [0.25, 0.3) is 0 Å². The number of hydrogen-bond donors (Lipinski definition) is 1. The van der Waals surface area contributed by atoms with Crippen LogP contribution in [0.4, 0.5) is 0 Å². The predicted octanol–water partition coefficient (Wildman–Crippen LogP) is 2.32. The number of ether oxygens (including phenoxy) is 1. The largest absolute Gasteiger partial charge is 0.374 e. The van der Waals surface area contributed by atoms with E-state index in [1.54, 1.807) is 0 Å². The standard InChI is InChI=1S/C11H23NO/c1-4-13-11(2,3)10(12)9-7-5-6-8-9/h9-10H,4-8,12H2,1-3H3. The second-order valence-corrected chi connectivity index (χ2v) is 4.61. The molecule has 1 atom stereocenters. The van der Waals surface area contributed by atoms with E-state index < -0.39 is 0 Å². The summed E-state index contributed by atoms with van der Waals surface area (Å²) >= 11 is 0. The van der Waals surface area contributed by atoms with Crippen LogP contribution in [0.15, 0.2) is 0 Å². The van der Waals surface area contributed by atoms with Crippen molar-refractivity contribution < 1.29 is 4.74 Å². The van der Waals surface area contributed by atoms with Crippen LogP contribution in [0, 0.1) is 5.92 Å². The molecule has 0 aromatic rings. The molecule has 2 heteroatoms. The Labute approximate surface area is 81.8 Å². The Bertz CT molecular complexity index is 150. The van der Waals surface area contributed by atoms with Gasteiger partial charge in [-0.25, -0.2) is 0 Å². The molecular weight excluding hydrogens is 162 g/mol. The molecule has 78 valence electrons. The van der Waals surface area contributed by atoms with Crippen LogP contribution in [0.2, 0.25) is 0 Å². The van der Waals surface area contributed by atoms with Crippen molar-refractivity contribution in [3.05, 3.63) is 0 Å². The molecular formula is C11H23NO. The first-order chi connectivity index (χ1) is 6.08. The molecule has 0 aromatic carbocycles. The minimum atomic E-state index is -0.149. The average molecular weight is 185 g/mol. The van der Waals surface area contributed by atoms with E-state index in [0.29, 0.717) is 5.92 Å². The summed E-state index contributed by atoms with van der Waals surface area (Å²) in [5, 5.41) is 0. The average Bonchev–Trinajstić information content (AvgIpc) is 2.54. The van der Waals surface area contributed by atoms with Crippen molar-refractivity contribution in [1.82, 2.24) is 0 Å². The highest BCUT2D eigenvalue weighted by molar-refractivity contribution is 4.90. The smallest absolute Gasteiger partial charge is 0.0779 e. The van der Waals surface area contributed by atoms with Crippen molar-refractivity contribution in [2.75, 3.05) is 6.61 Å². The fraction of sp³-hybridized carbons (Fsp3) is 1.00. The first-order valence-corrected chi connectivity index (χ1v) is 5.47. The number of nitrogens with two attached hydrogens (primary N) is 1. The summed E-state index contributed by atoms with van der Waals surface area (Å²) in [7, 11) is 0. The van der Waals surface area contributed by atoms with Crippen LogP contribution in [0.25, 0.3) is 0 Å². The highest BCUT2D eigenvalue weighted by Gasteiger charge is 2.34. The normalized spacial score (nSPS) is 22.2. The summed E-state index contributed by atoms with van der Waals surface area (Å²) in [6.07, 6.45) is 5.27. The van der Waals surface area contributed by atoms with Crippen LogP contribution in [-0.2, 0) is 4.74 Å². The van der Waals surface area contributed by atoms with Gasteiger partial charge in [0.05, 0.1) is 5.60 Å². The van der Waals surface area contributed by atoms with Gasteiger partial charge in [-0.3, -0.25) is 0 Å². The zero-order valence-corrected chi connectivity index (χ0v) is 9.18. The summed E-state index contributed by atoms with van der Waals surface area (Å²) in [4.78, 5) is 0. The molecule has 1 rings (SSSR count). The molecule has 2 N–H and O–H groups in total. The van der Waals surface area contributed by atoms with Gasteiger partial charge in [-0.1, -0.05) is 12.8 Å². The lowest BCUT2D eigenvalue weighted by Crippen LogP contribution is -2.49. The number of hydrogen-bond acceptors (Lipinski definition) is 2. The zero-order chi connectivity index (χ0) is 9.90. The molecule has 0 aromatic heterocycles. The highest BCUT2D eigenvalue weighted by atomic mass is 16.5. The summed E-state index contributed by atoms with van der Waals surface area (Å²) < 4.78 is 5.68. The van der Waals surface area contributed by atoms with Crippen LogP contribution >= 0.6 is 0 Å². The van der Waals surface area contributed by atoms with Gasteiger partial charge in [-0.15, -0.1) is 0 Å². The Morgan fingerprint density at radius 2 is 1.92 bits per heavy atom. The lowest BCUT2D eigenvalue weighted by Gasteiger charge is -2.35. The van der Waals surface area contributed by atoms with Gasteiger partial charge in [0, 0.05) is 12.6 Å². The van der Waals surface area contributed by atoms with Gasteiger partial charge in [0.15, 0.2) is 0 Å². The molecule has 2 nitrogen and oxygen atoms in total. The third-order valence-electron chi connectivity index (χ3n) is 3.23. The summed E-state index contributed by atoms with van der Waals surface area (Å²) in [6, 6.07) is 0.204. The molecule has 0 amide bonds. The van der Waals surface area contributed by atoms with Gasteiger partial charge in [0.2, 0.25) is 0 Å². The monoisotopic (exact) mass is 185 g/mol. The second kappa shape index (κ2) is 4.43. The Morgan fingerprint density at radius 1 is 1.38 bits per heavy atom. The van der Waals surface area contributed by atoms with Gasteiger partial charge in [0.1, 0.15) is 0 Å². The molecule has 1 saturated carbocycles. The fourth-order valence-corrected chi connectivity index (χ4v) is 2.35. The number of rotatable bonds is 4. The zero-order valence-electron chi connectivity index (χ0n) is 9.18. The Balaban J connectivity index is 2.48. The van der Waals surface area contributed by atoms with Crippen LogP contribution in [0.1, 0.15) is 46.5 Å². The van der Waals surface area contributed by atoms with E-state index in [1.165, 1.54) is 25.7 Å². The van der Waals surface area contributed by atoms with E-state index in [1.807, 2.05) is 6.92 Å². The van der Waals surface area contributed by atoms with Crippen molar-refractivity contribution in [2.45, 2.75) is 58.1 Å². The molecule has 1 aliphatic rings. The van der Waals surface area contributed by atoms with Gasteiger partial charge < -0.3 is 10.5 Å². The summed E-state index contributed by atoms with van der Waals surface area (Å²) in [6.45, 7) is 7.01. The predicted molar refractivity (Wildman–Crippen MR) is 55.6 cm³/mol. The Morgan fingerprint density at radius 3 is 2.38 bits per heavy atom. The molecule has 0 saturated heterocycles. The minimum absolute atomic E-state index is 0.149. The van der Waals surface area contributed by atoms with Crippen LogP contribution in [0.5, 0.6) is 0 Å². The topological polar surface area (TPSA) is 35.2 Å². The van der Waals surface area contributed by atoms with Gasteiger partial charge in [-0.2, -0.15) is 0 Å². The van der Waals surface area contributed by atoms with Crippen LogP contribution in [0.3, 0.4) is 0 Å². The Hall–Kier alpha value is -0.0800. The third-order valence-corrected chi connectivity index (χ3v) is 3.23. The third kappa shape index (κ3) is 2.68. The van der Waals surface area contributed by atoms with E-state index in [4.69, 9.17) is 10.5 Å². The van der Waals surface area contributed by atoms with Crippen molar-refractivity contribution >= 4 is 0 Å². The van der Waals surface area contributed by atoms with E-state index in [2.05, 4.69) is 13.8 Å². The summed E-state index contributed by atoms with van der Waals surface area (Å²) in [5.74, 6) is 0.682. The lowest BCUT2D eigenvalue weighted by atomic mass is 9.86. The van der Waals surface area contributed by atoms with Crippen molar-refractivity contribution in [1.29, 1.82) is 0 Å². The molecule has 0 spiro atoms. The molecule has 1 aliphatic carbocycles. The maximum atomic E-state index is 6.22. The van der Waals surface area contributed by atoms with Gasteiger partial charge >= 0.3 is 0 Å². The van der Waals surface area contributed by atoms with E-state index in [9.17, 15) is 0 Å². The molecule has 0 aliphatic heterocycles. The fourth-order valence-electron chi connectivity index (χ4n) is 2.35. The van der Waals surface area contributed by atoms with Crippen LogP contribution in [-0.4, -0.2) is 18.2 Å². The quantitative estimate of drug-likeness (QED) is 0.729. The first kappa shape index (κ1) is 11.0. The first-order valence-electron chi connectivity index (χ1n) is 5.47. The van der Waals surface area contributed by atoms with Gasteiger partial charge in [-0.05, 0) is 39.5 Å². The van der Waals surface area contributed by atoms with E-state index >= 15 is 0 Å². The Kier molecular flexibility index (Phi) is 3.74. The van der Waals surface area contributed by atoms with E-state index in [-0.39, 0.29) is 11.6 Å². The maximum Gasteiger partial charge on any atom is 0.0779 e. The molecule has 1 unspecified atom stereocenters. The lowest BCUT2D eigenvalue weighted by molar-refractivity contribution is -0.0418. The molecule has 1 fully saturated rings. The van der Waals surface area contributed by atoms with Crippen molar-refractivity contribution in [2.24, 2.45) is 11.7 Å². The van der Waals surface area contributed by atoms with E-state index in [0.717, 1.165) is 6.61 Å². The minimum Gasteiger partial charge on any atom is -0.374 e. The van der Waals surface area contributed by atoms with Crippen LogP contribution < -0.4 is 5.73 Å². The maximum absolute atomic E-state index is 6.22.